The summed E-state index contributed by atoms with van der Waals surface area (Å²) in [6, 6.07) is 3.56. The fraction of sp³-hybridized carbons (Fsp3) is 0.0625. The van der Waals surface area contributed by atoms with Crippen molar-refractivity contribution in [3.05, 3.63) is 84.0 Å². The Kier molecular flexibility index (Phi) is 5.42. The van der Waals surface area contributed by atoms with Crippen molar-refractivity contribution in [3.8, 4) is 17.3 Å². The lowest BCUT2D eigenvalue weighted by Crippen LogP contribution is -2.45. The summed E-state index contributed by atoms with van der Waals surface area (Å²) in [7, 11) is 0. The maximum atomic E-state index is 14.4. The van der Waals surface area contributed by atoms with Crippen molar-refractivity contribution in [2.75, 3.05) is 5.84 Å². The predicted octanol–water partition coefficient (Wildman–Crippen LogP) is 2.62. The fourth-order valence-corrected chi connectivity index (χ4v) is 2.61. The van der Waals surface area contributed by atoms with Gasteiger partial charge in [-0.05, 0) is 6.07 Å². The van der Waals surface area contributed by atoms with Crippen LogP contribution in [-0.4, -0.2) is 19.2 Å². The van der Waals surface area contributed by atoms with E-state index in [2.05, 4.69) is 4.98 Å². The smallest absolute Gasteiger partial charge is 0.433 e. The number of aromatic nitrogens is 3. The lowest BCUT2D eigenvalue weighted by atomic mass is 10.2. The number of rotatable bonds is 4. The summed E-state index contributed by atoms with van der Waals surface area (Å²) in [5, 5.41) is 10.3. The van der Waals surface area contributed by atoms with E-state index < -0.39 is 39.5 Å². The van der Waals surface area contributed by atoms with Crippen molar-refractivity contribution in [3.63, 3.8) is 0 Å². The number of nitrogen functional groups attached to an aromatic ring is 1. The van der Waals surface area contributed by atoms with Crippen molar-refractivity contribution >= 4 is 17.3 Å². The molecule has 0 bridgehead atoms. The van der Waals surface area contributed by atoms with E-state index in [0.717, 1.165) is 24.4 Å². The summed E-state index contributed by atoms with van der Waals surface area (Å²) >= 11 is 5.87. The van der Waals surface area contributed by atoms with Crippen molar-refractivity contribution in [1.82, 2.24) is 14.2 Å². The lowest BCUT2D eigenvalue weighted by Gasteiger charge is -2.15. The van der Waals surface area contributed by atoms with Crippen LogP contribution in [0.15, 0.2) is 46.1 Å². The highest BCUT2D eigenvalue weighted by Gasteiger charge is 2.36. The van der Waals surface area contributed by atoms with Gasteiger partial charge in [-0.1, -0.05) is 11.6 Å². The van der Waals surface area contributed by atoms with Crippen LogP contribution in [0.3, 0.4) is 0 Å². The van der Waals surface area contributed by atoms with Crippen molar-refractivity contribution in [2.24, 2.45) is 0 Å². The number of hydrogen-bond acceptors (Lipinski definition) is 7. The van der Waals surface area contributed by atoms with Crippen LogP contribution in [0.1, 0.15) is 5.69 Å². The second-order valence-electron chi connectivity index (χ2n) is 5.80. The van der Waals surface area contributed by atoms with Gasteiger partial charge in [0, 0.05) is 24.3 Å². The molecular formula is C16H8ClF4N5O5. The number of alkyl halides is 3. The molecule has 0 spiro atoms. The molecule has 0 saturated heterocycles. The van der Waals surface area contributed by atoms with E-state index in [1.807, 2.05) is 0 Å². The van der Waals surface area contributed by atoms with Gasteiger partial charge in [0.2, 0.25) is 5.88 Å². The summed E-state index contributed by atoms with van der Waals surface area (Å²) in [6.07, 6.45) is -4.25. The van der Waals surface area contributed by atoms with Gasteiger partial charge in [-0.15, -0.1) is 0 Å². The highest BCUT2D eigenvalue weighted by molar-refractivity contribution is 6.32. The molecule has 0 atom stereocenters. The fourth-order valence-electron chi connectivity index (χ4n) is 2.42. The Morgan fingerprint density at radius 2 is 1.87 bits per heavy atom. The van der Waals surface area contributed by atoms with Gasteiger partial charge in [0.25, 0.3) is 11.2 Å². The van der Waals surface area contributed by atoms with Crippen molar-refractivity contribution in [2.45, 2.75) is 6.18 Å². The minimum absolute atomic E-state index is 0.0217. The van der Waals surface area contributed by atoms with E-state index in [9.17, 15) is 37.3 Å². The van der Waals surface area contributed by atoms with Crippen LogP contribution in [0.4, 0.5) is 23.2 Å². The Hall–Kier alpha value is -3.94. The molecule has 2 N–H and O–H groups in total. The van der Waals surface area contributed by atoms with Crippen LogP contribution >= 0.6 is 11.6 Å². The third-order valence-corrected chi connectivity index (χ3v) is 4.11. The second kappa shape index (κ2) is 7.71. The van der Waals surface area contributed by atoms with E-state index >= 15 is 0 Å². The largest absolute Gasteiger partial charge is 0.437 e. The first kappa shape index (κ1) is 21.8. The molecule has 3 rings (SSSR count). The molecule has 0 saturated carbocycles. The van der Waals surface area contributed by atoms with E-state index in [4.69, 9.17) is 22.2 Å². The first-order valence-electron chi connectivity index (χ1n) is 7.89. The van der Waals surface area contributed by atoms with Gasteiger partial charge in [0.15, 0.2) is 5.69 Å². The first-order valence-corrected chi connectivity index (χ1v) is 8.27. The Morgan fingerprint density at radius 1 is 1.19 bits per heavy atom. The summed E-state index contributed by atoms with van der Waals surface area (Å²) in [5.74, 6) is 3.32. The molecule has 15 heteroatoms. The van der Waals surface area contributed by atoms with E-state index in [1.165, 1.54) is 0 Å². The number of ether oxygens (including phenoxy) is 1. The van der Waals surface area contributed by atoms with Gasteiger partial charge in [-0.3, -0.25) is 14.9 Å². The number of halogens is 5. The third-order valence-electron chi connectivity index (χ3n) is 3.82. The van der Waals surface area contributed by atoms with Crippen LogP contribution < -0.4 is 21.8 Å². The average Bonchev–Trinajstić information content (AvgIpc) is 2.67. The molecule has 162 valence electrons. The number of nitrogens with zero attached hydrogens (tertiary/aromatic N) is 4. The molecular weight excluding hydrogens is 454 g/mol. The van der Waals surface area contributed by atoms with Crippen molar-refractivity contribution in [1.29, 1.82) is 0 Å². The maximum absolute atomic E-state index is 14.4. The molecule has 1 aromatic carbocycles. The molecule has 0 aliphatic rings. The standard InChI is InChI=1S/C16H8ClF4N5O5/c17-8-3-9(18)10(4-11(8)31-13-2-1-7(6-23-13)26(29)30)24-14(27)5-12(16(19,20)21)25(22)15(24)28/h1-6H,22H2. The van der Waals surface area contributed by atoms with E-state index in [-0.39, 0.29) is 37.6 Å². The van der Waals surface area contributed by atoms with Crippen LogP contribution in [0.25, 0.3) is 5.69 Å². The van der Waals surface area contributed by atoms with Gasteiger partial charge >= 0.3 is 11.9 Å². The number of nitro groups is 1. The van der Waals surface area contributed by atoms with Crippen LogP contribution in [-0.2, 0) is 6.18 Å². The number of hydrogen-bond donors (Lipinski definition) is 1. The normalized spacial score (nSPS) is 11.4. The van der Waals surface area contributed by atoms with Gasteiger partial charge in [-0.2, -0.15) is 13.2 Å². The van der Waals surface area contributed by atoms with Gasteiger partial charge in [0.1, 0.15) is 17.8 Å². The highest BCUT2D eigenvalue weighted by Crippen LogP contribution is 2.32. The Labute approximate surface area is 172 Å². The Balaban J connectivity index is 2.12. The molecule has 0 radical (unpaired) electrons. The van der Waals surface area contributed by atoms with Crippen molar-refractivity contribution < 1.29 is 27.2 Å². The summed E-state index contributed by atoms with van der Waals surface area (Å²) in [5.41, 5.74) is -6.08. The Bertz CT molecular complexity index is 1300. The second-order valence-corrected chi connectivity index (χ2v) is 6.21. The summed E-state index contributed by atoms with van der Waals surface area (Å²) < 4.78 is 58.1. The maximum Gasteiger partial charge on any atom is 0.433 e. The SMILES string of the molecule is Nn1c(C(F)(F)F)cc(=O)n(-c2cc(Oc3ccc([N+](=O)[O-])cn3)c(Cl)cc2F)c1=O. The predicted molar refractivity (Wildman–Crippen MR) is 97.4 cm³/mol. The number of nitrogens with two attached hydrogens (primary N) is 1. The van der Waals surface area contributed by atoms with Gasteiger partial charge in [0.05, 0.1) is 15.6 Å². The molecule has 0 aliphatic carbocycles. The summed E-state index contributed by atoms with van der Waals surface area (Å²) in [6.45, 7) is 0. The van der Waals surface area contributed by atoms with Crippen LogP contribution in [0.5, 0.6) is 11.6 Å². The average molecular weight is 462 g/mol. The first-order chi connectivity index (χ1) is 14.4. The zero-order chi connectivity index (χ0) is 23.1. The molecule has 0 amide bonds. The minimum atomic E-state index is -5.11. The van der Waals surface area contributed by atoms with Crippen LogP contribution in [0.2, 0.25) is 5.02 Å². The third kappa shape index (κ3) is 4.18. The van der Waals surface area contributed by atoms with Gasteiger partial charge in [-0.25, -0.2) is 23.4 Å². The quantitative estimate of drug-likeness (QED) is 0.273. The highest BCUT2D eigenvalue weighted by atomic mass is 35.5. The number of pyridine rings is 1. The zero-order valence-electron chi connectivity index (χ0n) is 14.8. The number of benzene rings is 1. The van der Waals surface area contributed by atoms with E-state index in [1.54, 1.807) is 0 Å². The molecule has 2 aromatic heterocycles. The molecule has 2 heterocycles. The molecule has 31 heavy (non-hydrogen) atoms. The minimum Gasteiger partial charge on any atom is -0.437 e. The van der Waals surface area contributed by atoms with Gasteiger partial charge < -0.3 is 10.6 Å². The molecule has 0 aliphatic heterocycles. The molecule has 10 nitrogen and oxygen atoms in total. The Morgan fingerprint density at radius 3 is 2.42 bits per heavy atom. The lowest BCUT2D eigenvalue weighted by molar-refractivity contribution is -0.385. The monoisotopic (exact) mass is 461 g/mol. The van der Waals surface area contributed by atoms with E-state index in [0.29, 0.717) is 6.07 Å². The summed E-state index contributed by atoms with van der Waals surface area (Å²) in [4.78, 5) is 38.0. The molecule has 0 fully saturated rings. The molecule has 0 unspecified atom stereocenters. The van der Waals surface area contributed by atoms with Crippen LogP contribution in [0, 0.1) is 15.9 Å². The topological polar surface area (TPSA) is 135 Å². The molecule has 3 aromatic rings. The zero-order valence-corrected chi connectivity index (χ0v) is 15.5.